The number of ether oxygens (including phenoxy) is 1. The maximum atomic E-state index is 13.6. The van der Waals surface area contributed by atoms with Gasteiger partial charge in [0, 0.05) is 54.1 Å². The molecule has 0 radical (unpaired) electrons. The zero-order valence-corrected chi connectivity index (χ0v) is 22.9. The molecule has 1 unspecified atom stereocenters. The van der Waals surface area contributed by atoms with Gasteiger partial charge in [0.15, 0.2) is 0 Å². The second-order valence-corrected chi connectivity index (χ2v) is 10.8. The van der Waals surface area contributed by atoms with E-state index >= 15 is 0 Å². The van der Waals surface area contributed by atoms with Gasteiger partial charge in [0.2, 0.25) is 5.91 Å². The molecular weight excluding hydrogens is 523 g/mol. The molecule has 6 heteroatoms. The Labute approximate surface area is 238 Å². The molecule has 4 nitrogen and oxygen atoms in total. The largest absolute Gasteiger partial charge is 0.457 e. The third-order valence-corrected chi connectivity index (χ3v) is 7.86. The van der Waals surface area contributed by atoms with Crippen molar-refractivity contribution in [2.24, 2.45) is 0 Å². The Morgan fingerprint density at radius 2 is 1.62 bits per heavy atom. The van der Waals surface area contributed by atoms with Crippen molar-refractivity contribution in [2.45, 2.75) is 31.7 Å². The number of likely N-dealkylation sites (tertiary alicyclic amines) is 1. The first kappa shape index (κ1) is 26.1. The molecule has 40 heavy (non-hydrogen) atoms. The van der Waals surface area contributed by atoms with Crippen molar-refractivity contribution in [1.29, 1.82) is 0 Å². The van der Waals surface area contributed by atoms with E-state index in [9.17, 15) is 9.18 Å². The van der Waals surface area contributed by atoms with E-state index in [1.54, 1.807) is 12.1 Å². The lowest BCUT2D eigenvalue weighted by Crippen LogP contribution is -2.29. The van der Waals surface area contributed by atoms with Crippen LogP contribution in [0.15, 0.2) is 103 Å². The highest BCUT2D eigenvalue weighted by Gasteiger charge is 2.27. The fourth-order valence-corrected chi connectivity index (χ4v) is 5.71. The van der Waals surface area contributed by atoms with Crippen LogP contribution in [0.5, 0.6) is 11.5 Å². The number of fused-ring (bicyclic) bond motifs is 1. The molecule has 1 atom stereocenters. The predicted octanol–water partition coefficient (Wildman–Crippen LogP) is 8.42. The first-order valence-corrected chi connectivity index (χ1v) is 14.0. The fourth-order valence-electron chi connectivity index (χ4n) is 5.58. The lowest BCUT2D eigenvalue weighted by molar-refractivity contribution is -0.130. The quantitative estimate of drug-likeness (QED) is 0.194. The van der Waals surface area contributed by atoms with Gasteiger partial charge in [-0.1, -0.05) is 54.1 Å². The van der Waals surface area contributed by atoms with Gasteiger partial charge in [-0.05, 0) is 84.1 Å². The fraction of sp³-hybridized carbons (Fsp3) is 0.206. The molecule has 0 spiro atoms. The van der Waals surface area contributed by atoms with Crippen LogP contribution in [0.25, 0.3) is 10.9 Å². The molecule has 0 saturated carbocycles. The second-order valence-electron chi connectivity index (χ2n) is 10.3. The van der Waals surface area contributed by atoms with Crippen molar-refractivity contribution >= 4 is 28.4 Å². The molecule has 0 bridgehead atoms. The van der Waals surface area contributed by atoms with Gasteiger partial charge in [-0.3, -0.25) is 4.79 Å². The Hall–Kier alpha value is -4.09. The van der Waals surface area contributed by atoms with E-state index in [1.165, 1.54) is 12.1 Å². The van der Waals surface area contributed by atoms with Crippen LogP contribution in [0.2, 0.25) is 5.02 Å². The minimum atomic E-state index is -0.247. The highest BCUT2D eigenvalue weighted by Crippen LogP contribution is 2.37. The summed E-state index contributed by atoms with van der Waals surface area (Å²) in [5.41, 5.74) is 4.20. The molecular formula is C34H30ClFN2O2. The number of halogens is 2. The van der Waals surface area contributed by atoms with Crippen LogP contribution < -0.4 is 4.74 Å². The summed E-state index contributed by atoms with van der Waals surface area (Å²) in [6.45, 7) is 2.24. The maximum absolute atomic E-state index is 13.6. The van der Waals surface area contributed by atoms with E-state index in [4.69, 9.17) is 16.3 Å². The van der Waals surface area contributed by atoms with Crippen LogP contribution in [0, 0.1) is 5.82 Å². The Morgan fingerprint density at radius 3 is 2.40 bits per heavy atom. The standard InChI is InChI=1S/C34H30ClFN2O2/c35-26-12-16-28(17-13-26)40-29-7-5-6-25(20-29)31(21-34(39)37-18-3-4-19-37)32-23-38(33-9-2-1-8-30(32)33)22-24-10-14-27(36)15-11-24/h1-2,5-17,20,23,31H,3-4,18-19,21-22H2. The number of para-hydroxylation sites is 1. The highest BCUT2D eigenvalue weighted by atomic mass is 35.5. The molecule has 1 aliphatic heterocycles. The monoisotopic (exact) mass is 552 g/mol. The first-order chi connectivity index (χ1) is 19.5. The number of nitrogens with zero attached hydrogens (tertiary/aromatic N) is 2. The second kappa shape index (κ2) is 11.6. The SMILES string of the molecule is O=C(CC(c1cccc(Oc2ccc(Cl)cc2)c1)c1cn(Cc2ccc(F)cc2)c2ccccc12)N1CCCC1. The van der Waals surface area contributed by atoms with Crippen LogP contribution in [-0.2, 0) is 11.3 Å². The molecule has 2 heterocycles. The predicted molar refractivity (Wildman–Crippen MR) is 158 cm³/mol. The number of rotatable bonds is 8. The maximum Gasteiger partial charge on any atom is 0.223 e. The first-order valence-electron chi connectivity index (χ1n) is 13.7. The van der Waals surface area contributed by atoms with Crippen molar-refractivity contribution in [3.63, 3.8) is 0 Å². The number of aromatic nitrogens is 1. The van der Waals surface area contributed by atoms with Crippen molar-refractivity contribution in [1.82, 2.24) is 9.47 Å². The van der Waals surface area contributed by atoms with Gasteiger partial charge in [0.05, 0.1) is 0 Å². The zero-order chi connectivity index (χ0) is 27.5. The summed E-state index contributed by atoms with van der Waals surface area (Å²) in [7, 11) is 0. The van der Waals surface area contributed by atoms with Crippen molar-refractivity contribution in [3.05, 3.63) is 131 Å². The Balaban J connectivity index is 1.40. The van der Waals surface area contributed by atoms with Gasteiger partial charge in [-0.25, -0.2) is 4.39 Å². The molecule has 6 rings (SSSR count). The minimum absolute atomic E-state index is 0.166. The summed E-state index contributed by atoms with van der Waals surface area (Å²) >= 11 is 6.05. The molecule has 1 amide bonds. The summed E-state index contributed by atoms with van der Waals surface area (Å²) in [5.74, 6) is 1.15. The lowest BCUT2D eigenvalue weighted by atomic mass is 9.87. The summed E-state index contributed by atoms with van der Waals surface area (Å²) < 4.78 is 21.9. The molecule has 1 aliphatic rings. The van der Waals surface area contributed by atoms with Gasteiger partial charge in [0.1, 0.15) is 17.3 Å². The topological polar surface area (TPSA) is 34.5 Å². The number of hydrogen-bond acceptors (Lipinski definition) is 2. The van der Waals surface area contributed by atoms with Crippen LogP contribution >= 0.6 is 11.6 Å². The van der Waals surface area contributed by atoms with E-state index in [2.05, 4.69) is 29.0 Å². The van der Waals surface area contributed by atoms with E-state index in [1.807, 2.05) is 59.5 Å². The third kappa shape index (κ3) is 5.75. The van der Waals surface area contributed by atoms with Crippen LogP contribution in [0.4, 0.5) is 4.39 Å². The Bertz CT molecular complexity index is 1620. The number of amides is 1. The van der Waals surface area contributed by atoms with Gasteiger partial charge in [-0.2, -0.15) is 0 Å². The zero-order valence-electron chi connectivity index (χ0n) is 22.1. The van der Waals surface area contributed by atoms with E-state index in [-0.39, 0.29) is 17.6 Å². The smallest absolute Gasteiger partial charge is 0.223 e. The average Bonchev–Trinajstić information content (AvgIpc) is 3.64. The Morgan fingerprint density at radius 1 is 0.875 bits per heavy atom. The van der Waals surface area contributed by atoms with Crippen molar-refractivity contribution in [3.8, 4) is 11.5 Å². The number of hydrogen-bond donors (Lipinski definition) is 0. The third-order valence-electron chi connectivity index (χ3n) is 7.61. The van der Waals surface area contributed by atoms with Crippen LogP contribution in [0.3, 0.4) is 0 Å². The summed E-state index contributed by atoms with van der Waals surface area (Å²) in [5, 5.41) is 1.76. The average molecular weight is 553 g/mol. The number of benzene rings is 4. The van der Waals surface area contributed by atoms with Crippen LogP contribution in [0.1, 0.15) is 41.9 Å². The van der Waals surface area contributed by atoms with Gasteiger partial charge >= 0.3 is 0 Å². The molecule has 1 aromatic heterocycles. The molecule has 1 saturated heterocycles. The highest BCUT2D eigenvalue weighted by molar-refractivity contribution is 6.30. The number of carbonyl (C=O) groups is 1. The van der Waals surface area contributed by atoms with Gasteiger partial charge in [0.25, 0.3) is 0 Å². The molecule has 202 valence electrons. The summed E-state index contributed by atoms with van der Waals surface area (Å²) in [6, 6.07) is 30.2. The summed E-state index contributed by atoms with van der Waals surface area (Å²) in [4.78, 5) is 15.5. The minimum Gasteiger partial charge on any atom is -0.457 e. The lowest BCUT2D eigenvalue weighted by Gasteiger charge is -2.22. The molecule has 1 fully saturated rings. The summed E-state index contributed by atoms with van der Waals surface area (Å²) in [6.07, 6.45) is 4.63. The molecule has 0 aliphatic carbocycles. The van der Waals surface area contributed by atoms with E-state index < -0.39 is 0 Å². The van der Waals surface area contributed by atoms with E-state index in [0.717, 1.165) is 53.5 Å². The molecule has 0 N–H and O–H groups in total. The van der Waals surface area contributed by atoms with Crippen molar-refractivity contribution in [2.75, 3.05) is 13.1 Å². The van der Waals surface area contributed by atoms with Gasteiger partial charge < -0.3 is 14.2 Å². The van der Waals surface area contributed by atoms with Crippen LogP contribution in [-0.4, -0.2) is 28.5 Å². The molecule has 5 aromatic rings. The molecule has 4 aromatic carbocycles. The Kier molecular flexibility index (Phi) is 7.56. The normalized spacial score (nSPS) is 14.0. The van der Waals surface area contributed by atoms with Gasteiger partial charge in [-0.15, -0.1) is 0 Å². The number of carbonyl (C=O) groups excluding carboxylic acids is 1. The van der Waals surface area contributed by atoms with Crippen molar-refractivity contribution < 1.29 is 13.9 Å². The van der Waals surface area contributed by atoms with E-state index in [0.29, 0.717) is 29.5 Å².